The lowest BCUT2D eigenvalue weighted by molar-refractivity contribution is -0.138. The molecule has 2 saturated heterocycles. The molecule has 0 spiro atoms. The van der Waals surface area contributed by atoms with Gasteiger partial charge in [-0.05, 0) is 32.1 Å². The Kier molecular flexibility index (Phi) is 3.81. The lowest BCUT2D eigenvalue weighted by Gasteiger charge is -2.37. The van der Waals surface area contributed by atoms with Crippen molar-refractivity contribution in [3.8, 4) is 0 Å². The summed E-state index contributed by atoms with van der Waals surface area (Å²) < 4.78 is 0. The van der Waals surface area contributed by atoms with E-state index in [1.54, 1.807) is 0 Å². The van der Waals surface area contributed by atoms with Crippen molar-refractivity contribution in [2.45, 2.75) is 70.1 Å². The molecule has 2 heterocycles. The predicted octanol–water partition coefficient (Wildman–Crippen LogP) is 1.21. The topological polar surface area (TPSA) is 35.6 Å². The van der Waals surface area contributed by atoms with Gasteiger partial charge in [0.25, 0.3) is 0 Å². The molecule has 1 amide bonds. The van der Waals surface area contributed by atoms with E-state index in [0.29, 0.717) is 18.0 Å². The third-order valence-electron chi connectivity index (χ3n) is 4.71. The summed E-state index contributed by atoms with van der Waals surface area (Å²) in [6, 6.07) is 1.77. The molecule has 0 radical (unpaired) electrons. The normalized spacial score (nSPS) is 33.4. The molecule has 2 aliphatic heterocycles. The highest BCUT2D eigenvalue weighted by Crippen LogP contribution is 2.32. The van der Waals surface area contributed by atoms with Gasteiger partial charge in [-0.3, -0.25) is 9.69 Å². The molecule has 2 atom stereocenters. The van der Waals surface area contributed by atoms with Gasteiger partial charge in [0, 0.05) is 37.8 Å². The van der Waals surface area contributed by atoms with Crippen LogP contribution in [-0.4, -0.2) is 59.5 Å². The summed E-state index contributed by atoms with van der Waals surface area (Å²) in [5.74, 6) is 0.350. The van der Waals surface area contributed by atoms with Crippen LogP contribution in [0.3, 0.4) is 0 Å². The molecular weight excluding hydrogens is 238 g/mol. The summed E-state index contributed by atoms with van der Waals surface area (Å²) in [6.45, 7) is 7.53. The third-order valence-corrected chi connectivity index (χ3v) is 4.71. The van der Waals surface area contributed by atoms with Crippen LogP contribution in [0.5, 0.6) is 0 Å². The molecule has 3 fully saturated rings. The fraction of sp³-hybridized carbons (Fsp3) is 0.933. The first-order valence-electron chi connectivity index (χ1n) is 7.95. The lowest BCUT2D eigenvalue weighted by Crippen LogP contribution is -2.55. The number of hydrogen-bond donors (Lipinski definition) is 1. The zero-order valence-corrected chi connectivity index (χ0v) is 12.3. The summed E-state index contributed by atoms with van der Waals surface area (Å²) >= 11 is 0. The van der Waals surface area contributed by atoms with E-state index in [4.69, 9.17) is 0 Å². The Bertz CT molecular complexity index is 340. The molecule has 19 heavy (non-hydrogen) atoms. The molecule has 0 bridgehead atoms. The number of likely N-dealkylation sites (tertiary alicyclic amines) is 2. The van der Waals surface area contributed by atoms with Crippen molar-refractivity contribution in [3.05, 3.63) is 0 Å². The third kappa shape index (κ3) is 2.95. The van der Waals surface area contributed by atoms with Crippen molar-refractivity contribution >= 4 is 5.91 Å². The minimum Gasteiger partial charge on any atom is -0.337 e. The van der Waals surface area contributed by atoms with Crippen molar-refractivity contribution in [2.24, 2.45) is 0 Å². The van der Waals surface area contributed by atoms with Gasteiger partial charge in [-0.25, -0.2) is 0 Å². The average molecular weight is 265 g/mol. The molecule has 0 aromatic carbocycles. The molecular formula is C15H27N3O. The Labute approximate surface area is 116 Å². The fourth-order valence-electron chi connectivity index (χ4n) is 3.61. The van der Waals surface area contributed by atoms with E-state index in [0.717, 1.165) is 32.0 Å². The van der Waals surface area contributed by atoms with Crippen LogP contribution in [0.15, 0.2) is 0 Å². The summed E-state index contributed by atoms with van der Waals surface area (Å²) in [4.78, 5) is 17.4. The van der Waals surface area contributed by atoms with Gasteiger partial charge in [-0.2, -0.15) is 0 Å². The van der Waals surface area contributed by atoms with Gasteiger partial charge < -0.3 is 10.2 Å². The van der Waals surface area contributed by atoms with Crippen molar-refractivity contribution in [3.63, 3.8) is 0 Å². The van der Waals surface area contributed by atoms with Gasteiger partial charge in [-0.1, -0.05) is 13.8 Å². The van der Waals surface area contributed by atoms with E-state index in [1.165, 1.54) is 25.8 Å². The van der Waals surface area contributed by atoms with Crippen molar-refractivity contribution < 1.29 is 4.79 Å². The second-order valence-corrected chi connectivity index (χ2v) is 6.72. The Morgan fingerprint density at radius 2 is 1.89 bits per heavy atom. The Morgan fingerprint density at radius 1 is 1.11 bits per heavy atom. The molecule has 1 saturated carbocycles. The van der Waals surface area contributed by atoms with Gasteiger partial charge in [0.2, 0.25) is 5.91 Å². The van der Waals surface area contributed by atoms with Crippen molar-refractivity contribution in [1.29, 1.82) is 0 Å². The highest BCUT2D eigenvalue weighted by Gasteiger charge is 2.40. The van der Waals surface area contributed by atoms with Crippen LogP contribution in [0, 0.1) is 0 Å². The van der Waals surface area contributed by atoms with Crippen molar-refractivity contribution in [2.75, 3.05) is 19.6 Å². The van der Waals surface area contributed by atoms with E-state index < -0.39 is 0 Å². The van der Waals surface area contributed by atoms with E-state index in [-0.39, 0.29) is 6.04 Å². The zero-order chi connectivity index (χ0) is 13.4. The molecule has 1 aliphatic carbocycles. The minimum absolute atomic E-state index is 0.0590. The Balaban J connectivity index is 1.59. The summed E-state index contributed by atoms with van der Waals surface area (Å²) in [7, 11) is 0. The van der Waals surface area contributed by atoms with Gasteiger partial charge in [0.1, 0.15) is 0 Å². The van der Waals surface area contributed by atoms with Crippen LogP contribution in [-0.2, 0) is 4.79 Å². The van der Waals surface area contributed by atoms with Crippen LogP contribution in [0.1, 0.15) is 46.0 Å². The molecule has 4 heteroatoms. The predicted molar refractivity (Wildman–Crippen MR) is 76.0 cm³/mol. The molecule has 2 unspecified atom stereocenters. The SMILES string of the molecule is CC(C)NC1CCCN(C2CCN(C3CC3)C2)C1=O. The molecule has 0 aromatic heterocycles. The number of piperidine rings is 1. The van der Waals surface area contributed by atoms with Crippen LogP contribution < -0.4 is 5.32 Å². The number of amides is 1. The second-order valence-electron chi connectivity index (χ2n) is 6.72. The molecule has 3 aliphatic rings. The maximum Gasteiger partial charge on any atom is 0.240 e. The highest BCUT2D eigenvalue weighted by atomic mass is 16.2. The number of carbonyl (C=O) groups excluding carboxylic acids is 1. The van der Waals surface area contributed by atoms with Crippen LogP contribution >= 0.6 is 0 Å². The van der Waals surface area contributed by atoms with Gasteiger partial charge in [-0.15, -0.1) is 0 Å². The number of hydrogen-bond acceptors (Lipinski definition) is 3. The van der Waals surface area contributed by atoms with Crippen molar-refractivity contribution in [1.82, 2.24) is 15.1 Å². The highest BCUT2D eigenvalue weighted by molar-refractivity contribution is 5.83. The molecule has 1 N–H and O–H groups in total. The van der Waals surface area contributed by atoms with Gasteiger partial charge >= 0.3 is 0 Å². The maximum absolute atomic E-state index is 12.6. The Morgan fingerprint density at radius 3 is 2.58 bits per heavy atom. The summed E-state index contributed by atoms with van der Waals surface area (Å²) in [6.07, 6.45) is 6.08. The van der Waals surface area contributed by atoms with Crippen LogP contribution in [0.25, 0.3) is 0 Å². The number of nitrogens with zero attached hydrogens (tertiary/aromatic N) is 2. The zero-order valence-electron chi connectivity index (χ0n) is 12.3. The van der Waals surface area contributed by atoms with Crippen LogP contribution in [0.4, 0.5) is 0 Å². The van der Waals surface area contributed by atoms with E-state index in [1.807, 2.05) is 0 Å². The summed E-state index contributed by atoms with van der Waals surface area (Å²) in [5, 5.41) is 3.43. The second kappa shape index (κ2) is 5.41. The molecule has 0 aromatic rings. The lowest BCUT2D eigenvalue weighted by atomic mass is 10.0. The van der Waals surface area contributed by atoms with E-state index in [9.17, 15) is 4.79 Å². The molecule has 4 nitrogen and oxygen atoms in total. The van der Waals surface area contributed by atoms with Gasteiger partial charge in [0.15, 0.2) is 0 Å². The Hall–Kier alpha value is -0.610. The van der Waals surface area contributed by atoms with E-state index >= 15 is 0 Å². The molecule has 3 rings (SSSR count). The van der Waals surface area contributed by atoms with Gasteiger partial charge in [0.05, 0.1) is 6.04 Å². The molecule has 108 valence electrons. The standard InChI is InChI=1S/C15H27N3O/c1-11(2)16-14-4-3-8-18(15(14)19)13-7-9-17(10-13)12-5-6-12/h11-14,16H,3-10H2,1-2H3. The number of nitrogens with one attached hydrogen (secondary N) is 1. The summed E-state index contributed by atoms with van der Waals surface area (Å²) in [5.41, 5.74) is 0. The first-order chi connectivity index (χ1) is 9.15. The smallest absolute Gasteiger partial charge is 0.240 e. The van der Waals surface area contributed by atoms with E-state index in [2.05, 4.69) is 29.0 Å². The van der Waals surface area contributed by atoms with Crippen LogP contribution in [0.2, 0.25) is 0 Å². The number of carbonyl (C=O) groups is 1. The first-order valence-corrected chi connectivity index (χ1v) is 7.95. The average Bonchev–Trinajstić information content (AvgIpc) is 3.10. The first kappa shape index (κ1) is 13.4. The monoisotopic (exact) mass is 265 g/mol. The number of rotatable bonds is 4. The minimum atomic E-state index is 0.0590. The quantitative estimate of drug-likeness (QED) is 0.830. The fourth-order valence-corrected chi connectivity index (χ4v) is 3.61. The largest absolute Gasteiger partial charge is 0.337 e. The maximum atomic E-state index is 12.6.